The number of hydrogen-bond donors (Lipinski definition) is 1. The average molecular weight is 424 g/mol. The van der Waals surface area contributed by atoms with Crippen LogP contribution in [0.5, 0.6) is 0 Å². The molecule has 0 bridgehead atoms. The molecule has 0 radical (unpaired) electrons. The molecular weight excluding hydrogens is 390 g/mol. The topological polar surface area (TPSA) is 86.8 Å². The van der Waals surface area contributed by atoms with Crippen LogP contribution >= 0.6 is 0 Å². The molecule has 1 fully saturated rings. The summed E-state index contributed by atoms with van der Waals surface area (Å²) in [5.74, 6) is 0.302. The first-order valence-corrected chi connectivity index (χ1v) is 11.7. The highest BCUT2D eigenvalue weighted by molar-refractivity contribution is 7.89. The van der Waals surface area contributed by atoms with Crippen molar-refractivity contribution in [3.63, 3.8) is 0 Å². The van der Waals surface area contributed by atoms with Gasteiger partial charge in [0.15, 0.2) is 0 Å². The maximum Gasteiger partial charge on any atom is 0.243 e. The summed E-state index contributed by atoms with van der Waals surface area (Å²) < 4.78 is 27.4. The van der Waals surface area contributed by atoms with E-state index >= 15 is 0 Å². The minimum atomic E-state index is -3.58. The average Bonchev–Trinajstić information content (AvgIpc) is 2.67. The zero-order valence-electron chi connectivity index (χ0n) is 17.9. The van der Waals surface area contributed by atoms with E-state index in [1.54, 1.807) is 17.9 Å². The van der Waals surface area contributed by atoms with Gasteiger partial charge in [-0.15, -0.1) is 0 Å². The minimum absolute atomic E-state index is 0.104. The van der Waals surface area contributed by atoms with Crippen LogP contribution in [0.3, 0.4) is 0 Å². The summed E-state index contributed by atoms with van der Waals surface area (Å²) in [6, 6.07) is 5.40. The lowest BCUT2D eigenvalue weighted by molar-refractivity contribution is -0.134. The van der Waals surface area contributed by atoms with Crippen LogP contribution in [0.25, 0.3) is 0 Å². The number of aryl methyl sites for hydroxylation is 2. The van der Waals surface area contributed by atoms with Gasteiger partial charge in [0.05, 0.1) is 4.90 Å². The fraction of sp³-hybridized carbons (Fsp3) is 0.619. The number of sulfonamides is 1. The number of rotatable bonds is 8. The highest BCUT2D eigenvalue weighted by atomic mass is 32.2. The number of benzene rings is 1. The SMILES string of the molecule is Cc1ccc(C)c(S(=O)(=O)N2CCN(C(=O)CCC(=O)NCCC(C)C)CC2)c1. The van der Waals surface area contributed by atoms with Gasteiger partial charge in [0.25, 0.3) is 0 Å². The van der Waals surface area contributed by atoms with Gasteiger partial charge >= 0.3 is 0 Å². The number of carbonyl (C=O) groups excluding carboxylic acids is 2. The Labute approximate surface area is 174 Å². The number of nitrogens with zero attached hydrogens (tertiary/aromatic N) is 2. The first kappa shape index (κ1) is 23.3. The van der Waals surface area contributed by atoms with Gasteiger partial charge in [-0.2, -0.15) is 4.31 Å². The molecule has 0 aliphatic carbocycles. The van der Waals surface area contributed by atoms with Crippen molar-refractivity contribution in [2.24, 2.45) is 5.92 Å². The van der Waals surface area contributed by atoms with Gasteiger partial charge in [-0.25, -0.2) is 8.42 Å². The summed E-state index contributed by atoms with van der Waals surface area (Å²) in [6.45, 7) is 9.69. The molecule has 0 unspecified atom stereocenters. The Morgan fingerprint density at radius 1 is 1.07 bits per heavy atom. The normalized spacial score (nSPS) is 15.6. The van der Waals surface area contributed by atoms with Crippen molar-refractivity contribution in [2.75, 3.05) is 32.7 Å². The molecule has 1 aromatic carbocycles. The Kier molecular flexibility index (Phi) is 8.22. The maximum absolute atomic E-state index is 13.0. The first-order chi connectivity index (χ1) is 13.6. The maximum atomic E-state index is 13.0. The van der Waals surface area contributed by atoms with Gasteiger partial charge in [-0.1, -0.05) is 26.0 Å². The van der Waals surface area contributed by atoms with Crippen molar-refractivity contribution in [1.82, 2.24) is 14.5 Å². The summed E-state index contributed by atoms with van der Waals surface area (Å²) in [4.78, 5) is 26.2. The molecule has 1 saturated heterocycles. The van der Waals surface area contributed by atoms with Crippen LogP contribution in [0.1, 0.15) is 44.2 Å². The lowest BCUT2D eigenvalue weighted by atomic mass is 10.1. The van der Waals surface area contributed by atoms with Crippen molar-refractivity contribution in [1.29, 1.82) is 0 Å². The van der Waals surface area contributed by atoms with E-state index in [0.717, 1.165) is 17.5 Å². The van der Waals surface area contributed by atoms with E-state index in [-0.39, 0.29) is 37.7 Å². The zero-order chi connectivity index (χ0) is 21.6. The molecule has 7 nitrogen and oxygen atoms in total. The van der Waals surface area contributed by atoms with Gasteiger partial charge < -0.3 is 10.2 Å². The Hall–Kier alpha value is -1.93. The molecule has 1 aliphatic heterocycles. The minimum Gasteiger partial charge on any atom is -0.356 e. The standard InChI is InChI=1S/C21H33N3O4S/c1-16(2)9-10-22-20(25)7-8-21(26)23-11-13-24(14-12-23)29(27,28)19-15-17(3)5-6-18(19)4/h5-6,15-16H,7-14H2,1-4H3,(H,22,25). The molecule has 0 atom stereocenters. The second kappa shape index (κ2) is 10.2. The largest absolute Gasteiger partial charge is 0.356 e. The molecule has 0 aromatic heterocycles. The van der Waals surface area contributed by atoms with Crippen molar-refractivity contribution < 1.29 is 18.0 Å². The number of hydrogen-bond acceptors (Lipinski definition) is 4. The molecule has 1 aliphatic rings. The molecule has 1 heterocycles. The molecule has 1 aromatic rings. The number of amides is 2. The molecule has 2 rings (SSSR count). The van der Waals surface area contributed by atoms with E-state index in [2.05, 4.69) is 19.2 Å². The van der Waals surface area contributed by atoms with Gasteiger partial charge in [0, 0.05) is 45.6 Å². The Morgan fingerprint density at radius 3 is 2.34 bits per heavy atom. The van der Waals surface area contributed by atoms with Crippen LogP contribution in [-0.4, -0.2) is 62.2 Å². The molecule has 1 N–H and O–H groups in total. The molecule has 0 spiro atoms. The van der Waals surface area contributed by atoms with Crippen molar-refractivity contribution in [3.8, 4) is 0 Å². The third kappa shape index (κ3) is 6.54. The molecule has 2 amide bonds. The predicted octanol–water partition coefficient (Wildman–Crippen LogP) is 2.08. The van der Waals surface area contributed by atoms with Crippen LogP contribution in [0.4, 0.5) is 0 Å². The number of carbonyl (C=O) groups is 2. The van der Waals surface area contributed by atoms with Gasteiger partial charge in [-0.3, -0.25) is 9.59 Å². The second-order valence-corrected chi connectivity index (χ2v) is 9.99. The summed E-state index contributed by atoms with van der Waals surface area (Å²) in [5, 5.41) is 2.83. The molecule has 162 valence electrons. The molecule has 0 saturated carbocycles. The third-order valence-electron chi connectivity index (χ3n) is 5.16. The summed E-state index contributed by atoms with van der Waals surface area (Å²) in [7, 11) is -3.58. The Morgan fingerprint density at radius 2 is 1.72 bits per heavy atom. The van der Waals surface area contributed by atoms with Crippen molar-refractivity contribution in [3.05, 3.63) is 29.3 Å². The second-order valence-electron chi connectivity index (χ2n) is 8.09. The van der Waals surface area contributed by atoms with Crippen LogP contribution in [0.2, 0.25) is 0 Å². The summed E-state index contributed by atoms with van der Waals surface area (Å²) in [6.07, 6.45) is 1.23. The van der Waals surface area contributed by atoms with Crippen molar-refractivity contribution >= 4 is 21.8 Å². The monoisotopic (exact) mass is 423 g/mol. The third-order valence-corrected chi connectivity index (χ3v) is 7.20. The summed E-state index contributed by atoms with van der Waals surface area (Å²) >= 11 is 0. The quantitative estimate of drug-likeness (QED) is 0.694. The zero-order valence-corrected chi connectivity index (χ0v) is 18.7. The van der Waals surface area contributed by atoms with Crippen LogP contribution in [-0.2, 0) is 19.6 Å². The highest BCUT2D eigenvalue weighted by Gasteiger charge is 2.31. The number of nitrogens with one attached hydrogen (secondary N) is 1. The summed E-state index contributed by atoms with van der Waals surface area (Å²) in [5.41, 5.74) is 1.62. The van der Waals surface area contributed by atoms with Crippen molar-refractivity contribution in [2.45, 2.75) is 51.9 Å². The van der Waals surface area contributed by atoms with E-state index in [0.29, 0.717) is 30.4 Å². The lowest BCUT2D eigenvalue weighted by Crippen LogP contribution is -2.50. The van der Waals surface area contributed by atoms with Gasteiger partial charge in [0.1, 0.15) is 0 Å². The fourth-order valence-corrected chi connectivity index (χ4v) is 5.00. The van der Waals surface area contributed by atoms with Crippen LogP contribution in [0, 0.1) is 19.8 Å². The molecule has 29 heavy (non-hydrogen) atoms. The highest BCUT2D eigenvalue weighted by Crippen LogP contribution is 2.22. The lowest BCUT2D eigenvalue weighted by Gasteiger charge is -2.34. The van der Waals surface area contributed by atoms with E-state index in [1.165, 1.54) is 4.31 Å². The van der Waals surface area contributed by atoms with Crippen LogP contribution in [0.15, 0.2) is 23.1 Å². The first-order valence-electron chi connectivity index (χ1n) is 10.2. The molecule has 8 heteroatoms. The van der Waals surface area contributed by atoms with E-state index in [1.807, 2.05) is 19.1 Å². The van der Waals surface area contributed by atoms with E-state index in [9.17, 15) is 18.0 Å². The smallest absolute Gasteiger partial charge is 0.243 e. The predicted molar refractivity (Wildman–Crippen MR) is 113 cm³/mol. The number of piperazine rings is 1. The van der Waals surface area contributed by atoms with E-state index < -0.39 is 10.0 Å². The molecular formula is C21H33N3O4S. The van der Waals surface area contributed by atoms with Crippen LogP contribution < -0.4 is 5.32 Å². The van der Waals surface area contributed by atoms with Gasteiger partial charge in [0.2, 0.25) is 21.8 Å². The Bertz CT molecular complexity index is 828. The Balaban J connectivity index is 1.84. The van der Waals surface area contributed by atoms with Gasteiger partial charge in [-0.05, 0) is 43.4 Å². The fourth-order valence-electron chi connectivity index (χ4n) is 3.27. The van der Waals surface area contributed by atoms with E-state index in [4.69, 9.17) is 0 Å².